The van der Waals surface area contributed by atoms with Crippen LogP contribution in [0.4, 0.5) is 0 Å². The minimum atomic E-state index is -0.535. The maximum atomic E-state index is 12.3. The number of aliphatic hydroxyl groups excluding tert-OH is 1. The number of benzene rings is 1. The third kappa shape index (κ3) is 4.12. The molecule has 1 saturated heterocycles. The highest BCUT2D eigenvalue weighted by atomic mass is 35.5. The van der Waals surface area contributed by atoms with Gasteiger partial charge < -0.3 is 10.0 Å². The molecule has 6 heteroatoms. The van der Waals surface area contributed by atoms with E-state index in [4.69, 9.17) is 11.6 Å². The standard InChI is InChI=1S/C17H19ClN2O2S/c18-14-5-3-13(4-6-14)15(21)12-19-7-9-20(10-8-19)17(22)16-2-1-11-23-16/h1-6,11,15,21H,7-10,12H2. The van der Waals surface area contributed by atoms with E-state index in [1.54, 1.807) is 12.1 Å². The quantitative estimate of drug-likeness (QED) is 0.922. The van der Waals surface area contributed by atoms with Crippen LogP contribution in [0.25, 0.3) is 0 Å². The molecule has 4 nitrogen and oxygen atoms in total. The first-order valence-electron chi connectivity index (χ1n) is 7.62. The van der Waals surface area contributed by atoms with Crippen LogP contribution in [0.3, 0.4) is 0 Å². The third-order valence-corrected chi connectivity index (χ3v) is 5.19. The molecule has 1 aromatic heterocycles. The Bertz CT molecular complexity index is 637. The molecule has 1 aliphatic heterocycles. The Morgan fingerprint density at radius 1 is 1.17 bits per heavy atom. The molecular formula is C17H19ClN2O2S. The molecule has 1 N–H and O–H groups in total. The average Bonchev–Trinajstić information content (AvgIpc) is 3.10. The van der Waals surface area contributed by atoms with Gasteiger partial charge in [0, 0.05) is 37.7 Å². The van der Waals surface area contributed by atoms with Crippen LogP contribution in [0.2, 0.25) is 5.02 Å². The fourth-order valence-electron chi connectivity index (χ4n) is 2.72. The summed E-state index contributed by atoms with van der Waals surface area (Å²) in [6.45, 7) is 3.53. The van der Waals surface area contributed by atoms with E-state index < -0.39 is 6.10 Å². The molecule has 0 saturated carbocycles. The van der Waals surface area contributed by atoms with Crippen molar-refractivity contribution in [3.63, 3.8) is 0 Å². The predicted molar refractivity (Wildman–Crippen MR) is 93.1 cm³/mol. The van der Waals surface area contributed by atoms with Gasteiger partial charge in [-0.25, -0.2) is 0 Å². The number of thiophene rings is 1. The minimum Gasteiger partial charge on any atom is -0.387 e. The monoisotopic (exact) mass is 350 g/mol. The van der Waals surface area contributed by atoms with Gasteiger partial charge in [-0.05, 0) is 29.1 Å². The van der Waals surface area contributed by atoms with Crippen molar-refractivity contribution in [1.29, 1.82) is 0 Å². The van der Waals surface area contributed by atoms with Gasteiger partial charge in [0.15, 0.2) is 0 Å². The Hall–Kier alpha value is -1.40. The van der Waals surface area contributed by atoms with Gasteiger partial charge in [0.05, 0.1) is 11.0 Å². The first-order valence-corrected chi connectivity index (χ1v) is 8.88. The number of aliphatic hydroxyl groups is 1. The smallest absolute Gasteiger partial charge is 0.264 e. The minimum absolute atomic E-state index is 0.109. The van der Waals surface area contributed by atoms with E-state index >= 15 is 0 Å². The summed E-state index contributed by atoms with van der Waals surface area (Å²) in [6, 6.07) is 11.0. The van der Waals surface area contributed by atoms with Crippen molar-refractivity contribution in [2.24, 2.45) is 0 Å². The number of hydrogen-bond acceptors (Lipinski definition) is 4. The largest absolute Gasteiger partial charge is 0.387 e. The highest BCUT2D eigenvalue weighted by molar-refractivity contribution is 7.12. The third-order valence-electron chi connectivity index (χ3n) is 4.08. The molecule has 23 heavy (non-hydrogen) atoms. The van der Waals surface area contributed by atoms with Crippen molar-refractivity contribution in [1.82, 2.24) is 9.80 Å². The molecule has 2 heterocycles. The van der Waals surface area contributed by atoms with Crippen molar-refractivity contribution in [2.75, 3.05) is 32.7 Å². The van der Waals surface area contributed by atoms with E-state index in [0.29, 0.717) is 24.7 Å². The number of amides is 1. The lowest BCUT2D eigenvalue weighted by Gasteiger charge is -2.35. The van der Waals surface area contributed by atoms with Crippen LogP contribution < -0.4 is 0 Å². The zero-order valence-corrected chi connectivity index (χ0v) is 14.3. The summed E-state index contributed by atoms with van der Waals surface area (Å²) in [5, 5.41) is 12.9. The summed E-state index contributed by atoms with van der Waals surface area (Å²) in [6.07, 6.45) is -0.535. The van der Waals surface area contributed by atoms with Crippen LogP contribution in [-0.4, -0.2) is 53.5 Å². The Morgan fingerprint density at radius 3 is 2.48 bits per heavy atom. The van der Waals surface area contributed by atoms with E-state index in [1.165, 1.54) is 11.3 Å². The molecule has 1 atom stereocenters. The number of nitrogens with zero attached hydrogens (tertiary/aromatic N) is 2. The number of piperazine rings is 1. The van der Waals surface area contributed by atoms with Crippen molar-refractivity contribution in [3.05, 3.63) is 57.2 Å². The normalized spacial score (nSPS) is 17.2. The van der Waals surface area contributed by atoms with Gasteiger partial charge >= 0.3 is 0 Å². The zero-order valence-electron chi connectivity index (χ0n) is 12.7. The maximum absolute atomic E-state index is 12.3. The molecule has 0 aliphatic carbocycles. The molecule has 0 bridgehead atoms. The second-order valence-corrected chi connectivity index (χ2v) is 7.02. The molecule has 1 fully saturated rings. The molecule has 1 aliphatic rings. The van der Waals surface area contributed by atoms with Crippen molar-refractivity contribution >= 4 is 28.8 Å². The van der Waals surface area contributed by atoms with Crippen LogP contribution >= 0.6 is 22.9 Å². The molecule has 1 amide bonds. The van der Waals surface area contributed by atoms with Gasteiger partial charge in [-0.15, -0.1) is 11.3 Å². The second-order valence-electron chi connectivity index (χ2n) is 5.64. The first kappa shape index (κ1) is 16.5. The number of β-amino-alcohol motifs (C(OH)–C–C–N with tert-alkyl or cyclic N) is 1. The summed E-state index contributed by atoms with van der Waals surface area (Å²) in [5.74, 6) is 0.109. The second kappa shape index (κ2) is 7.45. The lowest BCUT2D eigenvalue weighted by atomic mass is 10.1. The lowest BCUT2D eigenvalue weighted by Crippen LogP contribution is -2.49. The van der Waals surface area contributed by atoms with Crippen LogP contribution in [0.1, 0.15) is 21.3 Å². The van der Waals surface area contributed by atoms with E-state index in [9.17, 15) is 9.90 Å². The Labute approximate surface area is 144 Å². The fraction of sp³-hybridized carbons (Fsp3) is 0.353. The number of carbonyl (C=O) groups is 1. The van der Waals surface area contributed by atoms with Crippen LogP contribution in [0, 0.1) is 0 Å². The summed E-state index contributed by atoms with van der Waals surface area (Å²) in [7, 11) is 0. The number of hydrogen-bond donors (Lipinski definition) is 1. The van der Waals surface area contributed by atoms with Crippen LogP contribution in [-0.2, 0) is 0 Å². The summed E-state index contributed by atoms with van der Waals surface area (Å²) >= 11 is 7.35. The van der Waals surface area contributed by atoms with Crippen molar-refractivity contribution in [3.8, 4) is 0 Å². The lowest BCUT2D eigenvalue weighted by molar-refractivity contribution is 0.0531. The molecule has 122 valence electrons. The van der Waals surface area contributed by atoms with Crippen LogP contribution in [0.15, 0.2) is 41.8 Å². The molecule has 0 radical (unpaired) electrons. The van der Waals surface area contributed by atoms with Crippen molar-refractivity contribution < 1.29 is 9.90 Å². The molecular weight excluding hydrogens is 332 g/mol. The summed E-state index contributed by atoms with van der Waals surface area (Å²) < 4.78 is 0. The van der Waals surface area contributed by atoms with E-state index in [-0.39, 0.29) is 5.91 Å². The molecule has 3 rings (SSSR count). The van der Waals surface area contributed by atoms with Gasteiger partial charge in [-0.2, -0.15) is 0 Å². The highest BCUT2D eigenvalue weighted by Gasteiger charge is 2.24. The fourth-order valence-corrected chi connectivity index (χ4v) is 3.54. The number of halogens is 1. The van der Waals surface area contributed by atoms with Gasteiger partial charge in [0.25, 0.3) is 5.91 Å². The van der Waals surface area contributed by atoms with E-state index in [2.05, 4.69) is 4.90 Å². The van der Waals surface area contributed by atoms with E-state index in [0.717, 1.165) is 23.5 Å². The SMILES string of the molecule is O=C(c1cccs1)N1CCN(CC(O)c2ccc(Cl)cc2)CC1. The Morgan fingerprint density at radius 2 is 1.87 bits per heavy atom. The topological polar surface area (TPSA) is 43.8 Å². The van der Waals surface area contributed by atoms with E-state index in [1.807, 2.05) is 34.5 Å². The summed E-state index contributed by atoms with van der Waals surface area (Å²) in [5.41, 5.74) is 0.867. The van der Waals surface area contributed by atoms with Gasteiger partial charge in [0.1, 0.15) is 0 Å². The molecule has 1 aromatic carbocycles. The van der Waals surface area contributed by atoms with Gasteiger partial charge in [-0.1, -0.05) is 29.8 Å². The zero-order chi connectivity index (χ0) is 16.2. The first-order chi connectivity index (χ1) is 11.1. The predicted octanol–water partition coefficient (Wildman–Crippen LogP) is 2.89. The van der Waals surface area contributed by atoms with Crippen molar-refractivity contribution in [2.45, 2.75) is 6.10 Å². The van der Waals surface area contributed by atoms with Gasteiger partial charge in [-0.3, -0.25) is 9.69 Å². The van der Waals surface area contributed by atoms with Gasteiger partial charge in [0.2, 0.25) is 0 Å². The molecule has 0 spiro atoms. The molecule has 2 aromatic rings. The maximum Gasteiger partial charge on any atom is 0.264 e. The number of rotatable bonds is 4. The summed E-state index contributed by atoms with van der Waals surface area (Å²) in [4.78, 5) is 17.2. The Balaban J connectivity index is 1.51. The average molecular weight is 351 g/mol. The van der Waals surface area contributed by atoms with Crippen LogP contribution in [0.5, 0.6) is 0 Å². The highest BCUT2D eigenvalue weighted by Crippen LogP contribution is 2.19. The number of carbonyl (C=O) groups excluding carboxylic acids is 1. The Kier molecular flexibility index (Phi) is 5.33. The molecule has 1 unspecified atom stereocenters.